The molecule has 0 spiro atoms. The highest BCUT2D eigenvalue weighted by Gasteiger charge is 2.46. The Hall–Kier alpha value is -7.44. The number of aromatic nitrogens is 1. The lowest BCUT2D eigenvalue weighted by molar-refractivity contribution is 0.590. The van der Waals surface area contributed by atoms with Gasteiger partial charge in [-0.05, 0) is 134 Å². The van der Waals surface area contributed by atoms with Crippen LogP contribution in [0.4, 0.5) is 34.1 Å². The summed E-state index contributed by atoms with van der Waals surface area (Å²) in [6.07, 6.45) is 0. The average molecular weight is 884 g/mol. The quantitative estimate of drug-likeness (QED) is 0.165. The number of para-hydroxylation sites is 3. The van der Waals surface area contributed by atoms with Crippen LogP contribution in [0.1, 0.15) is 79.0 Å². The van der Waals surface area contributed by atoms with Crippen LogP contribution in [-0.4, -0.2) is 11.3 Å². The van der Waals surface area contributed by atoms with Gasteiger partial charge >= 0.3 is 6.85 Å². The summed E-state index contributed by atoms with van der Waals surface area (Å²) in [6, 6.07) is 60.9. The molecule has 0 saturated heterocycles. The van der Waals surface area contributed by atoms with Crippen LogP contribution in [0, 0.1) is 0 Å². The number of rotatable bonds is 4. The van der Waals surface area contributed by atoms with Gasteiger partial charge in [-0.3, -0.25) is 0 Å². The first kappa shape index (κ1) is 40.8. The van der Waals surface area contributed by atoms with Crippen LogP contribution < -0.4 is 20.7 Å². The minimum Gasteiger partial charge on any atom is -0.454 e. The molecule has 0 N–H and O–H groups in total. The second-order valence-electron chi connectivity index (χ2n) is 22.2. The molecule has 5 nitrogen and oxygen atoms in total. The standard InChI is InChI=1S/C62H54BN3O2/c1-60(2,3)37-21-27-40(28-22-37)64(41-29-23-38(24-30-41)61(4,5)6)43-33-34-51-50(35-43)63-54-48(45-17-14-18-47-55(45)66(63)56-46-16-11-13-20-53(46)68-58(47)56)36-49-44-15-10-12-19-52(44)67-59(49)57(54)65(51)42-31-25-39(26-32-42)62(7,8)9/h10-36H,1-9H3. The van der Waals surface area contributed by atoms with Crippen molar-refractivity contribution in [2.24, 2.45) is 0 Å². The fourth-order valence-electron chi connectivity index (χ4n) is 11.3. The van der Waals surface area contributed by atoms with Crippen LogP contribution in [0.25, 0.3) is 66.0 Å². The predicted octanol–water partition coefficient (Wildman–Crippen LogP) is 16.2. The number of hydrogen-bond donors (Lipinski definition) is 0. The number of nitrogens with zero attached hydrogens (tertiary/aromatic N) is 3. The first-order valence-electron chi connectivity index (χ1n) is 24.1. The third-order valence-corrected chi connectivity index (χ3v) is 14.8. The molecule has 2 aliphatic heterocycles. The van der Waals surface area contributed by atoms with E-state index in [-0.39, 0.29) is 23.1 Å². The third kappa shape index (κ3) is 5.89. The highest BCUT2D eigenvalue weighted by Crippen LogP contribution is 2.51. The molecule has 3 aromatic heterocycles. The molecule has 0 fully saturated rings. The van der Waals surface area contributed by atoms with Crippen molar-refractivity contribution < 1.29 is 8.83 Å². The molecule has 0 unspecified atom stereocenters. The number of furan rings is 2. The highest BCUT2D eigenvalue weighted by molar-refractivity contribution is 6.90. The average Bonchev–Trinajstić information content (AvgIpc) is 4.00. The van der Waals surface area contributed by atoms with Gasteiger partial charge in [0.05, 0.1) is 11.2 Å². The minimum atomic E-state index is -0.234. The van der Waals surface area contributed by atoms with Crippen LogP contribution in [0.15, 0.2) is 173 Å². The first-order valence-corrected chi connectivity index (χ1v) is 24.1. The molecule has 0 atom stereocenters. The zero-order valence-corrected chi connectivity index (χ0v) is 40.3. The monoisotopic (exact) mass is 883 g/mol. The summed E-state index contributed by atoms with van der Waals surface area (Å²) in [4.78, 5) is 4.93. The molecule has 8 aromatic carbocycles. The third-order valence-electron chi connectivity index (χ3n) is 14.8. The van der Waals surface area contributed by atoms with Gasteiger partial charge in [0.1, 0.15) is 11.2 Å². The summed E-state index contributed by atoms with van der Waals surface area (Å²) in [7, 11) is 0. The Balaban J connectivity index is 1.15. The van der Waals surface area contributed by atoms with Crippen molar-refractivity contribution in [3.05, 3.63) is 180 Å². The Labute approximate surface area is 398 Å². The van der Waals surface area contributed by atoms with Crippen molar-refractivity contribution in [2.75, 3.05) is 9.80 Å². The fourth-order valence-corrected chi connectivity index (χ4v) is 11.3. The van der Waals surface area contributed by atoms with Crippen molar-refractivity contribution in [1.29, 1.82) is 0 Å². The maximum absolute atomic E-state index is 7.12. The molecule has 6 heteroatoms. The van der Waals surface area contributed by atoms with Crippen molar-refractivity contribution in [3.8, 4) is 11.1 Å². The van der Waals surface area contributed by atoms with Crippen LogP contribution in [0.5, 0.6) is 0 Å². The summed E-state index contributed by atoms with van der Waals surface area (Å²) in [5.74, 6) is 0. The van der Waals surface area contributed by atoms with E-state index < -0.39 is 0 Å². The Morgan fingerprint density at radius 2 is 0.971 bits per heavy atom. The molecule has 0 aliphatic carbocycles. The summed E-state index contributed by atoms with van der Waals surface area (Å²) in [5, 5.41) is 4.45. The lowest BCUT2D eigenvalue weighted by Gasteiger charge is -2.41. The fraction of sp³-hybridized carbons (Fsp3) is 0.194. The van der Waals surface area contributed by atoms with Crippen molar-refractivity contribution >= 4 is 107 Å². The molecule has 0 bridgehead atoms. The van der Waals surface area contributed by atoms with E-state index >= 15 is 0 Å². The van der Waals surface area contributed by atoms with E-state index in [4.69, 9.17) is 8.83 Å². The Kier molecular flexibility index (Phi) is 8.43. The topological polar surface area (TPSA) is 37.7 Å². The minimum absolute atomic E-state index is 0.00187. The van der Waals surface area contributed by atoms with Crippen LogP contribution in [-0.2, 0) is 16.2 Å². The highest BCUT2D eigenvalue weighted by atomic mass is 16.3. The largest absolute Gasteiger partial charge is 0.454 e. The van der Waals surface area contributed by atoms with E-state index in [0.29, 0.717) is 0 Å². The zero-order valence-electron chi connectivity index (χ0n) is 40.3. The van der Waals surface area contributed by atoms with Gasteiger partial charge < -0.3 is 23.1 Å². The first-order chi connectivity index (χ1) is 32.6. The number of fused-ring (bicyclic) bond motifs is 13. The zero-order chi connectivity index (χ0) is 46.6. The van der Waals surface area contributed by atoms with E-state index in [2.05, 4.69) is 240 Å². The molecular weight excluding hydrogens is 830 g/mol. The molecule has 13 rings (SSSR count). The van der Waals surface area contributed by atoms with Crippen molar-refractivity contribution in [1.82, 2.24) is 4.48 Å². The number of benzene rings is 8. The maximum Gasteiger partial charge on any atom is 0.333 e. The summed E-state index contributed by atoms with van der Waals surface area (Å²) >= 11 is 0. The normalized spacial score (nSPS) is 13.6. The molecule has 11 aromatic rings. The number of anilines is 6. The Bertz CT molecular complexity index is 3790. The van der Waals surface area contributed by atoms with Crippen molar-refractivity contribution in [3.63, 3.8) is 0 Å². The summed E-state index contributed by atoms with van der Waals surface area (Å²) < 4.78 is 16.6. The second kappa shape index (κ2) is 14.1. The van der Waals surface area contributed by atoms with Crippen molar-refractivity contribution in [2.45, 2.75) is 78.6 Å². The lowest BCUT2D eigenvalue weighted by atomic mass is 9.45. The lowest BCUT2D eigenvalue weighted by Crippen LogP contribution is -2.56. The van der Waals surface area contributed by atoms with E-state index in [9.17, 15) is 0 Å². The van der Waals surface area contributed by atoms with Gasteiger partial charge in [0.25, 0.3) is 0 Å². The van der Waals surface area contributed by atoms with Crippen LogP contribution >= 0.6 is 0 Å². The van der Waals surface area contributed by atoms with Crippen LogP contribution in [0.2, 0.25) is 0 Å². The molecule has 332 valence electrons. The smallest absolute Gasteiger partial charge is 0.333 e. The summed E-state index contributed by atoms with van der Waals surface area (Å²) in [6.45, 7) is 20.3. The van der Waals surface area contributed by atoms with Gasteiger partial charge in [-0.1, -0.05) is 141 Å². The molecular formula is C62H54BN3O2. The van der Waals surface area contributed by atoms with Gasteiger partial charge in [0, 0.05) is 61.1 Å². The van der Waals surface area contributed by atoms with Gasteiger partial charge in [-0.2, -0.15) is 0 Å². The van der Waals surface area contributed by atoms with E-state index in [1.165, 1.54) is 44.3 Å². The SMILES string of the molecule is CC(C)(C)c1ccc(N(c2ccc(C(C)(C)C)cc2)c2ccc3c(c2)B2c4c(cc5c(oc6ccccc65)c4N3c3ccc(C(C)(C)C)cc3)-c3cccc4c5oc6ccccc6c5n2c34)cc1. The van der Waals surface area contributed by atoms with Gasteiger partial charge in [0.15, 0.2) is 11.2 Å². The molecule has 68 heavy (non-hydrogen) atoms. The maximum atomic E-state index is 7.12. The summed E-state index contributed by atoms with van der Waals surface area (Å²) in [5.41, 5.74) is 21.2. The van der Waals surface area contributed by atoms with E-state index in [1.54, 1.807) is 0 Å². The van der Waals surface area contributed by atoms with E-state index in [0.717, 1.165) is 83.5 Å². The molecule has 0 saturated carbocycles. The van der Waals surface area contributed by atoms with Crippen LogP contribution in [0.3, 0.4) is 0 Å². The Morgan fingerprint density at radius 1 is 0.441 bits per heavy atom. The molecule has 2 aliphatic rings. The Morgan fingerprint density at radius 3 is 1.59 bits per heavy atom. The predicted molar refractivity (Wildman–Crippen MR) is 288 cm³/mol. The molecule has 0 amide bonds. The number of hydrogen-bond acceptors (Lipinski definition) is 4. The van der Waals surface area contributed by atoms with Gasteiger partial charge in [-0.25, -0.2) is 0 Å². The second-order valence-corrected chi connectivity index (χ2v) is 22.2. The van der Waals surface area contributed by atoms with Gasteiger partial charge in [0.2, 0.25) is 0 Å². The molecule has 5 heterocycles. The van der Waals surface area contributed by atoms with Gasteiger partial charge in [-0.15, -0.1) is 0 Å². The van der Waals surface area contributed by atoms with E-state index in [1.807, 2.05) is 0 Å². The molecule has 0 radical (unpaired) electrons.